The molecule has 0 unspecified atom stereocenters. The molecule has 0 atom stereocenters. The van der Waals surface area contributed by atoms with Crippen molar-refractivity contribution in [2.24, 2.45) is 7.05 Å². The molecule has 1 aromatic heterocycles. The van der Waals surface area contributed by atoms with Crippen molar-refractivity contribution < 1.29 is 0 Å². The van der Waals surface area contributed by atoms with Gasteiger partial charge in [0, 0.05) is 36.2 Å². The number of nitrogens with one attached hydrogen (secondary N) is 1. The minimum atomic E-state index is 0.525. The Morgan fingerprint density at radius 2 is 1.94 bits per heavy atom. The van der Waals surface area contributed by atoms with Gasteiger partial charge in [-0.2, -0.15) is 0 Å². The molecule has 0 fully saturated rings. The zero-order chi connectivity index (χ0) is 11.7. The number of aromatic nitrogens is 1. The van der Waals surface area contributed by atoms with Gasteiger partial charge >= 0.3 is 0 Å². The maximum absolute atomic E-state index is 3.48. The molecule has 0 aliphatic heterocycles. The molecule has 86 valence electrons. The van der Waals surface area contributed by atoms with Crippen LogP contribution in [-0.2, 0) is 13.6 Å². The first-order valence-corrected chi connectivity index (χ1v) is 5.87. The van der Waals surface area contributed by atoms with Crippen molar-refractivity contribution in [3.05, 3.63) is 35.5 Å². The van der Waals surface area contributed by atoms with Crippen molar-refractivity contribution in [2.45, 2.75) is 33.4 Å². The van der Waals surface area contributed by atoms with E-state index in [1.54, 1.807) is 0 Å². The van der Waals surface area contributed by atoms with E-state index in [1.807, 2.05) is 0 Å². The molecule has 0 aliphatic carbocycles. The van der Waals surface area contributed by atoms with Crippen molar-refractivity contribution >= 4 is 10.9 Å². The standard InChI is InChI=1S/C14H20N2/c1-10(2)15-9-14-11(3)12-7-5-6-8-13(12)16(14)4/h5-8,10,15H,9H2,1-4H3. The number of benzene rings is 1. The third kappa shape index (κ3) is 1.85. The van der Waals surface area contributed by atoms with E-state index in [0.29, 0.717) is 6.04 Å². The lowest BCUT2D eigenvalue weighted by molar-refractivity contribution is 0.571. The predicted molar refractivity (Wildman–Crippen MR) is 69.6 cm³/mol. The Morgan fingerprint density at radius 1 is 1.25 bits per heavy atom. The Hall–Kier alpha value is -1.28. The monoisotopic (exact) mass is 216 g/mol. The van der Waals surface area contributed by atoms with Crippen molar-refractivity contribution in [1.29, 1.82) is 0 Å². The topological polar surface area (TPSA) is 17.0 Å². The largest absolute Gasteiger partial charge is 0.346 e. The van der Waals surface area contributed by atoms with E-state index in [2.05, 4.69) is 62.0 Å². The zero-order valence-electron chi connectivity index (χ0n) is 10.5. The van der Waals surface area contributed by atoms with Crippen molar-refractivity contribution in [3.63, 3.8) is 0 Å². The van der Waals surface area contributed by atoms with Gasteiger partial charge in [0.25, 0.3) is 0 Å². The molecule has 0 amide bonds. The fourth-order valence-electron chi connectivity index (χ4n) is 2.19. The van der Waals surface area contributed by atoms with E-state index in [9.17, 15) is 0 Å². The van der Waals surface area contributed by atoms with E-state index >= 15 is 0 Å². The van der Waals surface area contributed by atoms with Gasteiger partial charge in [-0.05, 0) is 18.6 Å². The highest BCUT2D eigenvalue weighted by Gasteiger charge is 2.10. The Labute approximate surface area is 97.3 Å². The average molecular weight is 216 g/mol. The second kappa shape index (κ2) is 4.30. The second-order valence-electron chi connectivity index (χ2n) is 4.68. The van der Waals surface area contributed by atoms with E-state index in [1.165, 1.54) is 22.2 Å². The van der Waals surface area contributed by atoms with Crippen LogP contribution in [0.25, 0.3) is 10.9 Å². The molecule has 2 rings (SSSR count). The van der Waals surface area contributed by atoms with E-state index in [0.717, 1.165) is 6.54 Å². The van der Waals surface area contributed by atoms with E-state index in [4.69, 9.17) is 0 Å². The lowest BCUT2D eigenvalue weighted by Crippen LogP contribution is -2.23. The SMILES string of the molecule is Cc1c(CNC(C)C)n(C)c2ccccc12. The maximum Gasteiger partial charge on any atom is 0.0483 e. The van der Waals surface area contributed by atoms with E-state index < -0.39 is 0 Å². The molecule has 0 saturated heterocycles. The summed E-state index contributed by atoms with van der Waals surface area (Å²) in [4.78, 5) is 0. The van der Waals surface area contributed by atoms with Crippen LogP contribution in [0.5, 0.6) is 0 Å². The van der Waals surface area contributed by atoms with Crippen LogP contribution in [0.15, 0.2) is 24.3 Å². The first kappa shape index (κ1) is 11.2. The van der Waals surface area contributed by atoms with Crippen molar-refractivity contribution in [3.8, 4) is 0 Å². The fraction of sp³-hybridized carbons (Fsp3) is 0.429. The molecule has 0 aliphatic rings. The van der Waals surface area contributed by atoms with Crippen LogP contribution >= 0.6 is 0 Å². The van der Waals surface area contributed by atoms with Crippen LogP contribution < -0.4 is 5.32 Å². The Morgan fingerprint density at radius 3 is 2.56 bits per heavy atom. The van der Waals surface area contributed by atoms with E-state index in [-0.39, 0.29) is 0 Å². The van der Waals surface area contributed by atoms with Crippen LogP contribution in [-0.4, -0.2) is 10.6 Å². The minimum absolute atomic E-state index is 0.525. The van der Waals surface area contributed by atoms with Crippen LogP contribution in [0.2, 0.25) is 0 Å². The van der Waals surface area contributed by atoms with Crippen LogP contribution in [0.3, 0.4) is 0 Å². The lowest BCUT2D eigenvalue weighted by Gasteiger charge is -2.10. The van der Waals surface area contributed by atoms with Gasteiger partial charge in [0.15, 0.2) is 0 Å². The van der Waals surface area contributed by atoms with Gasteiger partial charge in [-0.3, -0.25) is 0 Å². The lowest BCUT2D eigenvalue weighted by atomic mass is 10.1. The number of aryl methyl sites for hydroxylation is 2. The molecule has 0 spiro atoms. The second-order valence-corrected chi connectivity index (χ2v) is 4.68. The summed E-state index contributed by atoms with van der Waals surface area (Å²) in [7, 11) is 2.15. The van der Waals surface area contributed by atoms with Crippen LogP contribution in [0.1, 0.15) is 25.1 Å². The van der Waals surface area contributed by atoms with Crippen molar-refractivity contribution in [2.75, 3.05) is 0 Å². The Balaban J connectivity index is 2.45. The molecule has 1 aromatic carbocycles. The summed E-state index contributed by atoms with van der Waals surface area (Å²) in [5, 5.41) is 4.85. The van der Waals surface area contributed by atoms with Crippen molar-refractivity contribution in [1.82, 2.24) is 9.88 Å². The van der Waals surface area contributed by atoms with Gasteiger partial charge < -0.3 is 9.88 Å². The van der Waals surface area contributed by atoms with Gasteiger partial charge in [-0.15, -0.1) is 0 Å². The normalized spacial score (nSPS) is 11.6. The Kier molecular flexibility index (Phi) is 3.01. The number of fused-ring (bicyclic) bond motifs is 1. The highest BCUT2D eigenvalue weighted by atomic mass is 15.0. The molecule has 2 heteroatoms. The van der Waals surface area contributed by atoms with Gasteiger partial charge in [-0.1, -0.05) is 32.0 Å². The quantitative estimate of drug-likeness (QED) is 0.834. The summed E-state index contributed by atoms with van der Waals surface area (Å²) in [5.41, 5.74) is 4.10. The highest BCUT2D eigenvalue weighted by Crippen LogP contribution is 2.24. The number of hydrogen-bond acceptors (Lipinski definition) is 1. The molecule has 1 N–H and O–H groups in total. The van der Waals surface area contributed by atoms with Crippen LogP contribution in [0.4, 0.5) is 0 Å². The fourth-order valence-corrected chi connectivity index (χ4v) is 2.19. The summed E-state index contributed by atoms with van der Waals surface area (Å²) < 4.78 is 2.29. The molecular formula is C14H20N2. The Bertz CT molecular complexity index is 456. The maximum atomic E-state index is 3.48. The smallest absolute Gasteiger partial charge is 0.0483 e. The minimum Gasteiger partial charge on any atom is -0.346 e. The molecular weight excluding hydrogens is 196 g/mol. The average Bonchev–Trinajstić information content (AvgIpc) is 2.50. The molecule has 0 radical (unpaired) electrons. The van der Waals surface area contributed by atoms with Gasteiger partial charge in [0.1, 0.15) is 0 Å². The van der Waals surface area contributed by atoms with Gasteiger partial charge in [0.05, 0.1) is 0 Å². The van der Waals surface area contributed by atoms with Crippen LogP contribution in [0, 0.1) is 6.92 Å². The molecule has 0 bridgehead atoms. The molecule has 0 saturated carbocycles. The third-order valence-corrected chi connectivity index (χ3v) is 3.18. The van der Waals surface area contributed by atoms with Gasteiger partial charge in [-0.25, -0.2) is 0 Å². The van der Waals surface area contributed by atoms with Gasteiger partial charge in [0.2, 0.25) is 0 Å². The summed E-state index contributed by atoms with van der Waals surface area (Å²) in [6.45, 7) is 7.50. The number of hydrogen-bond donors (Lipinski definition) is 1. The molecule has 1 heterocycles. The summed E-state index contributed by atoms with van der Waals surface area (Å²) in [5.74, 6) is 0. The molecule has 16 heavy (non-hydrogen) atoms. The summed E-state index contributed by atoms with van der Waals surface area (Å²) in [6, 6.07) is 9.11. The third-order valence-electron chi connectivity index (χ3n) is 3.18. The molecule has 2 nitrogen and oxygen atoms in total. The predicted octanol–water partition coefficient (Wildman–Crippen LogP) is 2.98. The zero-order valence-corrected chi connectivity index (χ0v) is 10.5. The highest BCUT2D eigenvalue weighted by molar-refractivity contribution is 5.85. The summed E-state index contributed by atoms with van der Waals surface area (Å²) >= 11 is 0. The first-order chi connectivity index (χ1) is 7.61. The number of rotatable bonds is 3. The summed E-state index contributed by atoms with van der Waals surface area (Å²) in [6.07, 6.45) is 0. The number of para-hydroxylation sites is 1. The first-order valence-electron chi connectivity index (χ1n) is 5.87. The number of nitrogens with zero attached hydrogens (tertiary/aromatic N) is 1. The molecule has 2 aromatic rings.